The van der Waals surface area contributed by atoms with Gasteiger partial charge in [0.1, 0.15) is 12.1 Å². The lowest BCUT2D eigenvalue weighted by atomic mass is 10.2. The van der Waals surface area contributed by atoms with Gasteiger partial charge in [0, 0.05) is 10.3 Å². The molecule has 0 fully saturated rings. The molecule has 0 N–H and O–H groups in total. The summed E-state index contributed by atoms with van der Waals surface area (Å²) in [6.45, 7) is 2.10. The van der Waals surface area contributed by atoms with E-state index >= 15 is 0 Å². The smallest absolute Gasteiger partial charge is 0.196 e. The molecule has 1 atom stereocenters. The van der Waals surface area contributed by atoms with E-state index in [2.05, 4.69) is 17.1 Å². The van der Waals surface area contributed by atoms with Gasteiger partial charge in [0.05, 0.1) is 12.8 Å². The van der Waals surface area contributed by atoms with Crippen LogP contribution >= 0.6 is 23.4 Å². The van der Waals surface area contributed by atoms with Gasteiger partial charge in [-0.15, -0.1) is 10.2 Å². The molecule has 23 heavy (non-hydrogen) atoms. The SMILES string of the molecule is COc1ccccc1-n1cnnc1SC(C)c1ccccc1Cl. The molecule has 2 aromatic carbocycles. The van der Waals surface area contributed by atoms with E-state index in [1.807, 2.05) is 53.1 Å². The van der Waals surface area contributed by atoms with Crippen LogP contribution in [0, 0.1) is 0 Å². The third kappa shape index (κ3) is 3.35. The Hall–Kier alpha value is -1.98. The standard InChI is InChI=1S/C17H16ClN3OS/c1-12(13-7-3-4-8-14(13)18)23-17-20-19-11-21(17)15-9-5-6-10-16(15)22-2/h3-12H,1-2H3. The molecule has 0 aliphatic carbocycles. The Labute approximate surface area is 144 Å². The summed E-state index contributed by atoms with van der Waals surface area (Å²) in [6.07, 6.45) is 1.69. The highest BCUT2D eigenvalue weighted by Gasteiger charge is 2.17. The zero-order valence-electron chi connectivity index (χ0n) is 12.8. The van der Waals surface area contributed by atoms with Gasteiger partial charge >= 0.3 is 0 Å². The summed E-state index contributed by atoms with van der Waals surface area (Å²) in [5.41, 5.74) is 1.99. The molecule has 4 nitrogen and oxygen atoms in total. The Kier molecular flexibility index (Phi) is 4.88. The van der Waals surface area contributed by atoms with Gasteiger partial charge in [-0.2, -0.15) is 0 Å². The van der Waals surface area contributed by atoms with E-state index in [1.165, 1.54) is 0 Å². The van der Waals surface area contributed by atoms with Crippen LogP contribution in [-0.4, -0.2) is 21.9 Å². The Bertz CT molecular complexity index is 806. The molecule has 1 unspecified atom stereocenters. The van der Waals surface area contributed by atoms with Gasteiger partial charge in [0.25, 0.3) is 0 Å². The Balaban J connectivity index is 1.91. The first kappa shape index (κ1) is 15.9. The molecular formula is C17H16ClN3OS. The monoisotopic (exact) mass is 345 g/mol. The van der Waals surface area contributed by atoms with Crippen LogP contribution in [0.1, 0.15) is 17.7 Å². The van der Waals surface area contributed by atoms with E-state index in [-0.39, 0.29) is 5.25 Å². The van der Waals surface area contributed by atoms with E-state index in [9.17, 15) is 0 Å². The highest BCUT2D eigenvalue weighted by atomic mass is 35.5. The van der Waals surface area contributed by atoms with Crippen LogP contribution < -0.4 is 4.74 Å². The zero-order chi connectivity index (χ0) is 16.2. The molecule has 1 aromatic heterocycles. The summed E-state index contributed by atoms with van der Waals surface area (Å²) in [4.78, 5) is 0. The highest BCUT2D eigenvalue weighted by Crippen LogP contribution is 2.38. The van der Waals surface area contributed by atoms with E-state index in [0.717, 1.165) is 27.2 Å². The van der Waals surface area contributed by atoms with Crippen molar-refractivity contribution in [1.29, 1.82) is 0 Å². The Morgan fingerprint density at radius 2 is 1.87 bits per heavy atom. The molecule has 3 aromatic rings. The number of rotatable bonds is 5. The lowest BCUT2D eigenvalue weighted by Crippen LogP contribution is -2.00. The fourth-order valence-electron chi connectivity index (χ4n) is 2.33. The van der Waals surface area contributed by atoms with Crippen molar-refractivity contribution >= 4 is 23.4 Å². The normalized spacial score (nSPS) is 12.1. The predicted molar refractivity (Wildman–Crippen MR) is 93.6 cm³/mol. The molecule has 0 saturated heterocycles. The minimum absolute atomic E-state index is 0.154. The van der Waals surface area contributed by atoms with Gasteiger partial charge in [0.2, 0.25) is 0 Å². The van der Waals surface area contributed by atoms with Crippen LogP contribution in [0.2, 0.25) is 5.02 Å². The number of halogens is 1. The number of thioether (sulfide) groups is 1. The van der Waals surface area contributed by atoms with Gasteiger partial charge in [0.15, 0.2) is 5.16 Å². The van der Waals surface area contributed by atoms with Gasteiger partial charge in [-0.05, 0) is 30.7 Å². The second-order valence-electron chi connectivity index (χ2n) is 4.94. The van der Waals surface area contributed by atoms with Crippen LogP contribution in [0.3, 0.4) is 0 Å². The summed E-state index contributed by atoms with van der Waals surface area (Å²) in [5.74, 6) is 0.777. The summed E-state index contributed by atoms with van der Waals surface area (Å²) in [7, 11) is 1.66. The van der Waals surface area contributed by atoms with Crippen LogP contribution in [0.4, 0.5) is 0 Å². The molecule has 0 saturated carbocycles. The minimum atomic E-state index is 0.154. The minimum Gasteiger partial charge on any atom is -0.495 e. The van der Waals surface area contributed by atoms with E-state index in [0.29, 0.717) is 0 Å². The van der Waals surface area contributed by atoms with Gasteiger partial charge in [-0.1, -0.05) is 53.7 Å². The molecule has 0 bridgehead atoms. The molecule has 118 valence electrons. The lowest BCUT2D eigenvalue weighted by Gasteiger charge is -2.14. The Morgan fingerprint density at radius 3 is 2.65 bits per heavy atom. The Morgan fingerprint density at radius 1 is 1.13 bits per heavy atom. The quantitative estimate of drug-likeness (QED) is 0.624. The maximum Gasteiger partial charge on any atom is 0.196 e. The number of methoxy groups -OCH3 is 1. The van der Waals surface area contributed by atoms with Crippen molar-refractivity contribution in [3.05, 3.63) is 65.4 Å². The maximum absolute atomic E-state index is 6.29. The largest absolute Gasteiger partial charge is 0.495 e. The summed E-state index contributed by atoms with van der Waals surface area (Å²) >= 11 is 7.90. The summed E-state index contributed by atoms with van der Waals surface area (Å²) in [6, 6.07) is 15.6. The first-order valence-electron chi connectivity index (χ1n) is 7.15. The third-order valence-electron chi connectivity index (χ3n) is 3.49. The number of aromatic nitrogens is 3. The second-order valence-corrected chi connectivity index (χ2v) is 6.65. The van der Waals surface area contributed by atoms with Gasteiger partial charge in [-0.3, -0.25) is 4.57 Å². The average Bonchev–Trinajstić information content (AvgIpc) is 3.03. The van der Waals surface area contributed by atoms with Crippen molar-refractivity contribution in [1.82, 2.24) is 14.8 Å². The fourth-order valence-corrected chi connectivity index (χ4v) is 3.69. The van der Waals surface area contributed by atoms with Gasteiger partial charge < -0.3 is 4.74 Å². The van der Waals surface area contributed by atoms with Crippen molar-refractivity contribution in [3.63, 3.8) is 0 Å². The molecule has 0 aliphatic rings. The van der Waals surface area contributed by atoms with Crippen LogP contribution in [0.15, 0.2) is 60.0 Å². The molecule has 3 rings (SSSR count). The van der Waals surface area contributed by atoms with Crippen molar-refractivity contribution in [2.24, 2.45) is 0 Å². The molecule has 0 aliphatic heterocycles. The van der Waals surface area contributed by atoms with Crippen molar-refractivity contribution in [2.45, 2.75) is 17.3 Å². The van der Waals surface area contributed by atoms with Crippen LogP contribution in [0.5, 0.6) is 5.75 Å². The summed E-state index contributed by atoms with van der Waals surface area (Å²) in [5, 5.41) is 9.99. The summed E-state index contributed by atoms with van der Waals surface area (Å²) < 4.78 is 7.35. The first-order chi connectivity index (χ1) is 11.2. The number of para-hydroxylation sites is 2. The molecule has 0 radical (unpaired) electrons. The second kappa shape index (κ2) is 7.06. The number of benzene rings is 2. The molecule has 1 heterocycles. The fraction of sp³-hybridized carbons (Fsp3) is 0.176. The number of hydrogen-bond donors (Lipinski definition) is 0. The average molecular weight is 346 g/mol. The number of nitrogens with zero attached hydrogens (tertiary/aromatic N) is 3. The van der Waals surface area contributed by atoms with Crippen molar-refractivity contribution in [2.75, 3.05) is 7.11 Å². The van der Waals surface area contributed by atoms with Crippen LogP contribution in [-0.2, 0) is 0 Å². The molecule has 0 amide bonds. The van der Waals surface area contributed by atoms with Crippen molar-refractivity contribution in [3.8, 4) is 11.4 Å². The molecule has 0 spiro atoms. The number of ether oxygens (including phenoxy) is 1. The van der Waals surface area contributed by atoms with E-state index < -0.39 is 0 Å². The van der Waals surface area contributed by atoms with E-state index in [1.54, 1.807) is 25.2 Å². The highest BCUT2D eigenvalue weighted by molar-refractivity contribution is 7.99. The maximum atomic E-state index is 6.29. The zero-order valence-corrected chi connectivity index (χ0v) is 14.4. The first-order valence-corrected chi connectivity index (χ1v) is 8.41. The molecular weight excluding hydrogens is 330 g/mol. The molecule has 6 heteroatoms. The van der Waals surface area contributed by atoms with E-state index in [4.69, 9.17) is 16.3 Å². The predicted octanol–water partition coefficient (Wildman–Crippen LogP) is 4.78. The van der Waals surface area contributed by atoms with Gasteiger partial charge in [-0.25, -0.2) is 0 Å². The van der Waals surface area contributed by atoms with Crippen molar-refractivity contribution < 1.29 is 4.74 Å². The number of hydrogen-bond acceptors (Lipinski definition) is 4. The van der Waals surface area contributed by atoms with Crippen LogP contribution in [0.25, 0.3) is 5.69 Å². The lowest BCUT2D eigenvalue weighted by molar-refractivity contribution is 0.412. The topological polar surface area (TPSA) is 39.9 Å². The third-order valence-corrected chi connectivity index (χ3v) is 4.93.